The van der Waals surface area contributed by atoms with Crippen LogP contribution in [0, 0.1) is 0 Å². The number of rotatable bonds is 8. The van der Waals surface area contributed by atoms with Crippen molar-refractivity contribution in [2.75, 3.05) is 39.3 Å². The van der Waals surface area contributed by atoms with E-state index in [0.717, 1.165) is 12.1 Å². The monoisotopic (exact) mass is 345 g/mol. The normalized spacial score (nSPS) is 18.3. The molecule has 1 aromatic carbocycles. The molecule has 0 saturated carbocycles. The lowest BCUT2D eigenvalue weighted by Gasteiger charge is -2.35. The largest absolute Gasteiger partial charge is 0.395 e. The summed E-state index contributed by atoms with van der Waals surface area (Å²) in [6, 6.07) is 9.52. The summed E-state index contributed by atoms with van der Waals surface area (Å²) in [5.41, 5.74) is 1.11. The van der Waals surface area contributed by atoms with Gasteiger partial charge >= 0.3 is 0 Å². The number of amides is 2. The zero-order valence-corrected chi connectivity index (χ0v) is 14.7. The van der Waals surface area contributed by atoms with Crippen LogP contribution in [0.25, 0.3) is 6.08 Å². The lowest BCUT2D eigenvalue weighted by atomic mass is 10.1. The highest BCUT2D eigenvalue weighted by atomic mass is 16.3. The van der Waals surface area contributed by atoms with E-state index >= 15 is 0 Å². The maximum Gasteiger partial charge on any atom is 0.237 e. The van der Waals surface area contributed by atoms with E-state index in [1.807, 2.05) is 54.3 Å². The Morgan fingerprint density at radius 3 is 2.84 bits per heavy atom. The second-order valence-corrected chi connectivity index (χ2v) is 6.02. The Morgan fingerprint density at radius 1 is 1.40 bits per heavy atom. The van der Waals surface area contributed by atoms with Gasteiger partial charge in [-0.2, -0.15) is 0 Å². The Morgan fingerprint density at radius 2 is 2.16 bits per heavy atom. The van der Waals surface area contributed by atoms with E-state index in [9.17, 15) is 9.59 Å². The summed E-state index contributed by atoms with van der Waals surface area (Å²) in [5.74, 6) is -0.205. The third-order valence-corrected chi connectivity index (χ3v) is 4.36. The fourth-order valence-corrected chi connectivity index (χ4v) is 2.97. The van der Waals surface area contributed by atoms with Gasteiger partial charge in [0.15, 0.2) is 0 Å². The molecule has 1 heterocycles. The Hall–Kier alpha value is -2.18. The molecule has 1 aliphatic rings. The number of benzene rings is 1. The number of hydrogen-bond acceptors (Lipinski definition) is 4. The minimum absolute atomic E-state index is 0.0695. The van der Waals surface area contributed by atoms with E-state index < -0.39 is 6.04 Å². The van der Waals surface area contributed by atoms with Crippen molar-refractivity contribution in [1.82, 2.24) is 15.1 Å². The van der Waals surface area contributed by atoms with Crippen molar-refractivity contribution < 1.29 is 14.7 Å². The lowest BCUT2D eigenvalue weighted by molar-refractivity contribution is -0.138. The molecule has 1 fully saturated rings. The SMILES string of the molecule is CCN(CCO)C(=O)C[C@H]1C(=O)NCCN1C/C=C/c1ccccc1. The molecule has 2 N–H and O–H groups in total. The van der Waals surface area contributed by atoms with Crippen LogP contribution >= 0.6 is 0 Å². The average Bonchev–Trinajstić information content (AvgIpc) is 2.63. The van der Waals surface area contributed by atoms with Crippen molar-refractivity contribution in [3.63, 3.8) is 0 Å². The molecule has 2 rings (SSSR count). The van der Waals surface area contributed by atoms with Crippen LogP contribution in [-0.4, -0.2) is 72.1 Å². The van der Waals surface area contributed by atoms with Crippen molar-refractivity contribution >= 4 is 17.9 Å². The third kappa shape index (κ3) is 5.69. The van der Waals surface area contributed by atoms with Crippen molar-refractivity contribution in [3.8, 4) is 0 Å². The van der Waals surface area contributed by atoms with Crippen LogP contribution in [0.15, 0.2) is 36.4 Å². The fraction of sp³-hybridized carbons (Fsp3) is 0.474. The molecule has 25 heavy (non-hydrogen) atoms. The average molecular weight is 345 g/mol. The molecule has 0 spiro atoms. The summed E-state index contributed by atoms with van der Waals surface area (Å²) in [7, 11) is 0. The predicted molar refractivity (Wildman–Crippen MR) is 97.8 cm³/mol. The summed E-state index contributed by atoms with van der Waals surface area (Å²) in [6.45, 7) is 4.56. The smallest absolute Gasteiger partial charge is 0.237 e. The van der Waals surface area contributed by atoms with Gasteiger partial charge in [0.2, 0.25) is 11.8 Å². The van der Waals surface area contributed by atoms with Crippen LogP contribution in [-0.2, 0) is 9.59 Å². The van der Waals surface area contributed by atoms with Gasteiger partial charge in [-0.3, -0.25) is 14.5 Å². The van der Waals surface area contributed by atoms with Crippen LogP contribution in [0.5, 0.6) is 0 Å². The molecular weight excluding hydrogens is 318 g/mol. The highest BCUT2D eigenvalue weighted by molar-refractivity contribution is 5.88. The number of carbonyl (C=O) groups is 2. The molecule has 136 valence electrons. The minimum Gasteiger partial charge on any atom is -0.395 e. The molecule has 0 aliphatic carbocycles. The van der Waals surface area contributed by atoms with E-state index in [4.69, 9.17) is 5.11 Å². The van der Waals surface area contributed by atoms with E-state index in [1.54, 1.807) is 4.90 Å². The summed E-state index contributed by atoms with van der Waals surface area (Å²) in [4.78, 5) is 28.3. The number of likely N-dealkylation sites (N-methyl/N-ethyl adjacent to an activating group) is 1. The van der Waals surface area contributed by atoms with Crippen LogP contribution in [0.4, 0.5) is 0 Å². The molecule has 6 heteroatoms. The summed E-state index contributed by atoms with van der Waals surface area (Å²) in [5, 5.41) is 11.9. The van der Waals surface area contributed by atoms with Crippen LogP contribution in [0.3, 0.4) is 0 Å². The van der Waals surface area contributed by atoms with E-state index in [1.165, 1.54) is 0 Å². The second kappa shape index (κ2) is 9.96. The number of nitrogens with one attached hydrogen (secondary N) is 1. The molecule has 0 unspecified atom stereocenters. The van der Waals surface area contributed by atoms with Crippen molar-refractivity contribution in [2.45, 2.75) is 19.4 Å². The Balaban J connectivity index is 1.98. The molecule has 0 radical (unpaired) electrons. The molecular formula is C19H27N3O3. The van der Waals surface area contributed by atoms with Gasteiger partial charge in [0.25, 0.3) is 0 Å². The molecule has 1 aromatic rings. The molecule has 1 saturated heterocycles. The lowest BCUT2D eigenvalue weighted by Crippen LogP contribution is -2.56. The van der Waals surface area contributed by atoms with Crippen LogP contribution in [0.2, 0.25) is 0 Å². The fourth-order valence-electron chi connectivity index (χ4n) is 2.97. The Bertz CT molecular complexity index is 589. The van der Waals surface area contributed by atoms with Crippen molar-refractivity contribution in [3.05, 3.63) is 42.0 Å². The van der Waals surface area contributed by atoms with Gasteiger partial charge in [-0.15, -0.1) is 0 Å². The van der Waals surface area contributed by atoms with Crippen LogP contribution < -0.4 is 5.32 Å². The molecule has 1 aliphatic heterocycles. The standard InChI is InChI=1S/C19H27N3O3/c1-2-21(13-14-23)18(24)15-17-19(25)20-10-12-22(17)11-6-9-16-7-4-3-5-8-16/h3-9,17,23H,2,10-15H2,1H3,(H,20,25)/b9-6+/t17-/m0/s1. The molecule has 6 nitrogen and oxygen atoms in total. The van der Waals surface area contributed by atoms with Gasteiger partial charge in [0.05, 0.1) is 19.1 Å². The first-order valence-electron chi connectivity index (χ1n) is 8.77. The maximum atomic E-state index is 12.4. The topological polar surface area (TPSA) is 72.9 Å². The zero-order chi connectivity index (χ0) is 18.1. The highest BCUT2D eigenvalue weighted by Gasteiger charge is 2.31. The maximum absolute atomic E-state index is 12.4. The quantitative estimate of drug-likeness (QED) is 0.729. The van der Waals surface area contributed by atoms with Gasteiger partial charge in [0.1, 0.15) is 0 Å². The third-order valence-electron chi connectivity index (χ3n) is 4.36. The minimum atomic E-state index is -0.464. The molecule has 0 aromatic heterocycles. The molecule has 0 bridgehead atoms. The number of aliphatic hydroxyl groups excluding tert-OH is 1. The van der Waals surface area contributed by atoms with Gasteiger partial charge in [-0.25, -0.2) is 0 Å². The number of piperazine rings is 1. The summed E-state index contributed by atoms with van der Waals surface area (Å²) in [6.07, 6.45) is 4.19. The number of aliphatic hydroxyl groups is 1. The van der Waals surface area contributed by atoms with Crippen molar-refractivity contribution in [2.24, 2.45) is 0 Å². The van der Waals surface area contributed by atoms with Gasteiger partial charge in [-0.1, -0.05) is 42.5 Å². The predicted octanol–water partition coefficient (Wildman–Crippen LogP) is 0.731. The van der Waals surface area contributed by atoms with E-state index in [2.05, 4.69) is 5.32 Å². The number of nitrogens with zero attached hydrogens (tertiary/aromatic N) is 2. The molecule has 1 atom stereocenters. The Labute approximate surface area is 149 Å². The first-order chi connectivity index (χ1) is 12.2. The van der Waals surface area contributed by atoms with Gasteiger partial charge < -0.3 is 15.3 Å². The summed E-state index contributed by atoms with van der Waals surface area (Å²) < 4.78 is 0. The van der Waals surface area contributed by atoms with E-state index in [-0.39, 0.29) is 24.8 Å². The zero-order valence-electron chi connectivity index (χ0n) is 14.7. The number of hydrogen-bond donors (Lipinski definition) is 2. The molecule has 2 amide bonds. The Kier molecular flexibility index (Phi) is 7.63. The highest BCUT2D eigenvalue weighted by Crippen LogP contribution is 2.12. The van der Waals surface area contributed by atoms with Gasteiger partial charge in [0, 0.05) is 32.7 Å². The van der Waals surface area contributed by atoms with Gasteiger partial charge in [-0.05, 0) is 12.5 Å². The van der Waals surface area contributed by atoms with Crippen LogP contribution in [0.1, 0.15) is 18.9 Å². The van der Waals surface area contributed by atoms with E-state index in [0.29, 0.717) is 26.2 Å². The first-order valence-corrected chi connectivity index (χ1v) is 8.77. The van der Waals surface area contributed by atoms with Crippen molar-refractivity contribution in [1.29, 1.82) is 0 Å². The number of carbonyl (C=O) groups excluding carboxylic acids is 2. The first kappa shape index (κ1) is 19.1. The second-order valence-electron chi connectivity index (χ2n) is 6.02. The summed E-state index contributed by atoms with van der Waals surface area (Å²) >= 11 is 0.